The van der Waals surface area contributed by atoms with Crippen molar-refractivity contribution >= 4 is 15.9 Å². The third-order valence-electron chi connectivity index (χ3n) is 2.94. The standard InChI is InChI=1S/C14H18BrN3O/c1-9-6-12(18(3)17-9)8-19-14-7-11(15)4-5-13(14)10(2)16/h4-7,10H,8,16H2,1-3H3/t10-/m0/s1. The van der Waals surface area contributed by atoms with E-state index in [2.05, 4.69) is 21.0 Å². The van der Waals surface area contributed by atoms with Crippen molar-refractivity contribution in [2.75, 3.05) is 0 Å². The molecule has 2 aromatic rings. The van der Waals surface area contributed by atoms with Crippen molar-refractivity contribution in [1.82, 2.24) is 9.78 Å². The Kier molecular flexibility index (Phi) is 4.27. The van der Waals surface area contributed by atoms with Crippen LogP contribution in [0.2, 0.25) is 0 Å². The number of aromatic nitrogens is 2. The van der Waals surface area contributed by atoms with Crippen LogP contribution in [-0.4, -0.2) is 9.78 Å². The van der Waals surface area contributed by atoms with Crippen molar-refractivity contribution in [3.05, 3.63) is 45.7 Å². The number of hydrogen-bond donors (Lipinski definition) is 1. The van der Waals surface area contributed by atoms with E-state index >= 15 is 0 Å². The second-order valence-corrected chi connectivity index (χ2v) is 5.58. The average molecular weight is 324 g/mol. The number of rotatable bonds is 4. The molecule has 0 saturated carbocycles. The zero-order valence-corrected chi connectivity index (χ0v) is 12.9. The highest BCUT2D eigenvalue weighted by atomic mass is 79.9. The molecule has 0 amide bonds. The van der Waals surface area contributed by atoms with Gasteiger partial charge in [-0.3, -0.25) is 4.68 Å². The molecule has 1 atom stereocenters. The lowest BCUT2D eigenvalue weighted by atomic mass is 10.1. The number of hydrogen-bond acceptors (Lipinski definition) is 3. The number of halogens is 1. The van der Waals surface area contributed by atoms with Gasteiger partial charge in [-0.25, -0.2) is 0 Å². The summed E-state index contributed by atoms with van der Waals surface area (Å²) in [7, 11) is 1.92. The van der Waals surface area contributed by atoms with Gasteiger partial charge in [0.1, 0.15) is 12.4 Å². The highest BCUT2D eigenvalue weighted by molar-refractivity contribution is 9.10. The Morgan fingerprint density at radius 3 is 2.74 bits per heavy atom. The van der Waals surface area contributed by atoms with E-state index in [4.69, 9.17) is 10.5 Å². The molecule has 0 aliphatic rings. The quantitative estimate of drug-likeness (QED) is 0.940. The topological polar surface area (TPSA) is 53.1 Å². The van der Waals surface area contributed by atoms with Crippen LogP contribution >= 0.6 is 15.9 Å². The second kappa shape index (κ2) is 5.75. The molecule has 19 heavy (non-hydrogen) atoms. The molecule has 102 valence electrons. The third-order valence-corrected chi connectivity index (χ3v) is 3.43. The zero-order valence-electron chi connectivity index (χ0n) is 11.4. The van der Waals surface area contributed by atoms with E-state index in [1.54, 1.807) is 0 Å². The van der Waals surface area contributed by atoms with Gasteiger partial charge in [0.25, 0.3) is 0 Å². The molecule has 0 aliphatic heterocycles. The minimum atomic E-state index is -0.0589. The van der Waals surface area contributed by atoms with Gasteiger partial charge in [0.05, 0.1) is 11.4 Å². The van der Waals surface area contributed by atoms with Crippen molar-refractivity contribution in [3.63, 3.8) is 0 Å². The van der Waals surface area contributed by atoms with Gasteiger partial charge in [0.2, 0.25) is 0 Å². The van der Waals surface area contributed by atoms with Crippen LogP contribution in [0.4, 0.5) is 0 Å². The van der Waals surface area contributed by atoms with Crippen LogP contribution in [0.25, 0.3) is 0 Å². The molecule has 1 heterocycles. The number of nitrogens with two attached hydrogens (primary N) is 1. The maximum atomic E-state index is 5.95. The summed E-state index contributed by atoms with van der Waals surface area (Å²) in [5.74, 6) is 0.809. The summed E-state index contributed by atoms with van der Waals surface area (Å²) < 4.78 is 8.70. The van der Waals surface area contributed by atoms with Gasteiger partial charge >= 0.3 is 0 Å². The fourth-order valence-corrected chi connectivity index (χ4v) is 2.30. The van der Waals surface area contributed by atoms with E-state index < -0.39 is 0 Å². The molecule has 0 saturated heterocycles. The highest BCUT2D eigenvalue weighted by Gasteiger charge is 2.10. The zero-order chi connectivity index (χ0) is 14.0. The summed E-state index contributed by atoms with van der Waals surface area (Å²) in [6.45, 7) is 4.40. The van der Waals surface area contributed by atoms with Crippen LogP contribution in [0.15, 0.2) is 28.7 Å². The molecule has 0 aliphatic carbocycles. The number of nitrogens with zero attached hydrogens (tertiary/aromatic N) is 2. The van der Waals surface area contributed by atoms with Crippen LogP contribution in [0.1, 0.15) is 29.9 Å². The lowest BCUT2D eigenvalue weighted by Crippen LogP contribution is -2.09. The van der Waals surface area contributed by atoms with E-state index in [1.807, 2.05) is 49.8 Å². The maximum absolute atomic E-state index is 5.95. The first kappa shape index (κ1) is 14.1. The molecule has 0 fully saturated rings. The van der Waals surface area contributed by atoms with Crippen LogP contribution in [0.5, 0.6) is 5.75 Å². The fraction of sp³-hybridized carbons (Fsp3) is 0.357. The summed E-state index contributed by atoms with van der Waals surface area (Å²) in [4.78, 5) is 0. The third kappa shape index (κ3) is 3.36. The van der Waals surface area contributed by atoms with Gasteiger partial charge in [-0.1, -0.05) is 22.0 Å². The molecule has 5 heteroatoms. The molecule has 0 radical (unpaired) electrons. The summed E-state index contributed by atoms with van der Waals surface area (Å²) in [6.07, 6.45) is 0. The summed E-state index contributed by atoms with van der Waals surface area (Å²) in [6, 6.07) is 7.86. The summed E-state index contributed by atoms with van der Waals surface area (Å²) in [5, 5.41) is 4.30. The van der Waals surface area contributed by atoms with Gasteiger partial charge in [0.15, 0.2) is 0 Å². The van der Waals surface area contributed by atoms with E-state index in [1.165, 1.54) is 0 Å². The van der Waals surface area contributed by atoms with Crippen LogP contribution in [-0.2, 0) is 13.7 Å². The Morgan fingerprint density at radius 1 is 1.42 bits per heavy atom. The largest absolute Gasteiger partial charge is 0.487 e. The first-order chi connectivity index (χ1) is 8.97. The minimum Gasteiger partial charge on any atom is -0.487 e. The predicted octanol–water partition coefficient (Wildman–Crippen LogP) is 3.09. The smallest absolute Gasteiger partial charge is 0.130 e. The van der Waals surface area contributed by atoms with Crippen molar-refractivity contribution in [2.45, 2.75) is 26.5 Å². The molecule has 2 N–H and O–H groups in total. The van der Waals surface area contributed by atoms with Crippen molar-refractivity contribution < 1.29 is 4.74 Å². The lowest BCUT2D eigenvalue weighted by molar-refractivity contribution is 0.290. The first-order valence-corrected chi connectivity index (χ1v) is 6.94. The van der Waals surface area contributed by atoms with E-state index in [9.17, 15) is 0 Å². The van der Waals surface area contributed by atoms with Gasteiger partial charge < -0.3 is 10.5 Å². The second-order valence-electron chi connectivity index (χ2n) is 4.66. The Bertz CT molecular complexity index is 578. The van der Waals surface area contributed by atoms with Crippen molar-refractivity contribution in [3.8, 4) is 5.75 Å². The van der Waals surface area contributed by atoms with Gasteiger partial charge in [-0.15, -0.1) is 0 Å². The maximum Gasteiger partial charge on any atom is 0.130 e. The Balaban J connectivity index is 2.19. The molecule has 1 aromatic heterocycles. The number of aryl methyl sites for hydroxylation is 2. The first-order valence-electron chi connectivity index (χ1n) is 6.14. The monoisotopic (exact) mass is 323 g/mol. The number of ether oxygens (including phenoxy) is 1. The summed E-state index contributed by atoms with van der Waals surface area (Å²) in [5.41, 5.74) is 8.98. The normalized spacial score (nSPS) is 12.5. The lowest BCUT2D eigenvalue weighted by Gasteiger charge is -2.14. The molecular weight excluding hydrogens is 306 g/mol. The van der Waals surface area contributed by atoms with Crippen molar-refractivity contribution in [2.24, 2.45) is 12.8 Å². The molecule has 4 nitrogen and oxygen atoms in total. The van der Waals surface area contributed by atoms with Crippen LogP contribution in [0, 0.1) is 6.92 Å². The number of benzene rings is 1. The molecule has 2 rings (SSSR count). The van der Waals surface area contributed by atoms with Gasteiger partial charge in [-0.2, -0.15) is 5.10 Å². The van der Waals surface area contributed by atoms with E-state index in [0.717, 1.165) is 27.2 Å². The Morgan fingerprint density at radius 2 is 2.16 bits per heavy atom. The SMILES string of the molecule is Cc1cc(COc2cc(Br)ccc2[C@H](C)N)n(C)n1. The predicted molar refractivity (Wildman–Crippen MR) is 79.0 cm³/mol. The minimum absolute atomic E-state index is 0.0589. The van der Waals surface area contributed by atoms with Crippen LogP contribution in [0.3, 0.4) is 0 Å². The molecular formula is C14H18BrN3O. The molecule has 0 bridgehead atoms. The fourth-order valence-electron chi connectivity index (χ4n) is 1.96. The molecule has 0 unspecified atom stereocenters. The highest BCUT2D eigenvalue weighted by Crippen LogP contribution is 2.28. The van der Waals surface area contributed by atoms with E-state index in [-0.39, 0.29) is 6.04 Å². The Hall–Kier alpha value is -1.33. The van der Waals surface area contributed by atoms with Crippen LogP contribution < -0.4 is 10.5 Å². The van der Waals surface area contributed by atoms with E-state index in [0.29, 0.717) is 6.61 Å². The van der Waals surface area contributed by atoms with Crippen molar-refractivity contribution in [1.29, 1.82) is 0 Å². The van der Waals surface area contributed by atoms with Gasteiger partial charge in [-0.05, 0) is 32.0 Å². The average Bonchev–Trinajstić information content (AvgIpc) is 2.65. The summed E-state index contributed by atoms with van der Waals surface area (Å²) >= 11 is 3.45. The molecule has 1 aromatic carbocycles. The van der Waals surface area contributed by atoms with Gasteiger partial charge in [0, 0.05) is 23.1 Å². The Labute approximate surface area is 121 Å². The molecule has 0 spiro atoms.